The highest BCUT2D eigenvalue weighted by molar-refractivity contribution is 7.91. The summed E-state index contributed by atoms with van der Waals surface area (Å²) < 4.78 is 11.8. The molecule has 0 unspecified atom stereocenters. The molecule has 20 heavy (non-hydrogen) atoms. The van der Waals surface area contributed by atoms with Crippen molar-refractivity contribution in [3.05, 3.63) is 80.5 Å². The van der Waals surface area contributed by atoms with Gasteiger partial charge in [-0.3, -0.25) is 4.21 Å². The van der Waals surface area contributed by atoms with E-state index >= 15 is 0 Å². The Kier molecular flexibility index (Phi) is 5.60. The standard InChI is InChI=1S/C16H12Cl2OS/c17-15-5-1-3-13(11-15)7-9-20(19)10-8-14-4-2-6-16(18)12-14/h1-12H/b9-7-,10-8-. The Labute approximate surface area is 131 Å². The van der Waals surface area contributed by atoms with Crippen LogP contribution >= 0.6 is 23.2 Å². The van der Waals surface area contributed by atoms with Crippen molar-refractivity contribution in [1.29, 1.82) is 0 Å². The van der Waals surface area contributed by atoms with Gasteiger partial charge in [0.15, 0.2) is 0 Å². The molecule has 0 bridgehead atoms. The van der Waals surface area contributed by atoms with E-state index in [0.717, 1.165) is 11.1 Å². The summed E-state index contributed by atoms with van der Waals surface area (Å²) in [6, 6.07) is 14.7. The molecule has 0 atom stereocenters. The highest BCUT2D eigenvalue weighted by Gasteiger charge is 1.92. The summed E-state index contributed by atoms with van der Waals surface area (Å²) in [4.78, 5) is 0. The number of hydrogen-bond donors (Lipinski definition) is 0. The second-order valence-electron chi connectivity index (χ2n) is 4.04. The summed E-state index contributed by atoms with van der Waals surface area (Å²) in [5.41, 5.74) is 1.84. The summed E-state index contributed by atoms with van der Waals surface area (Å²) in [7, 11) is -1.18. The van der Waals surface area contributed by atoms with Crippen LogP contribution in [0.15, 0.2) is 59.3 Å². The topological polar surface area (TPSA) is 17.1 Å². The zero-order valence-corrected chi connectivity index (χ0v) is 12.8. The van der Waals surface area contributed by atoms with Gasteiger partial charge < -0.3 is 0 Å². The van der Waals surface area contributed by atoms with Crippen molar-refractivity contribution in [2.75, 3.05) is 0 Å². The maximum atomic E-state index is 11.8. The normalized spacial score (nSPS) is 11.8. The summed E-state index contributed by atoms with van der Waals surface area (Å²) in [6.07, 6.45) is 3.56. The minimum absolute atomic E-state index is 0.660. The minimum Gasteiger partial charge on any atom is -0.250 e. The van der Waals surface area contributed by atoms with Crippen molar-refractivity contribution < 1.29 is 4.21 Å². The molecule has 0 heterocycles. The molecule has 0 amide bonds. The zero-order chi connectivity index (χ0) is 14.4. The fourth-order valence-electron chi connectivity index (χ4n) is 1.56. The van der Waals surface area contributed by atoms with Gasteiger partial charge in [0.2, 0.25) is 0 Å². The molecule has 0 aliphatic carbocycles. The van der Waals surface area contributed by atoms with Crippen LogP contribution in [0.2, 0.25) is 10.0 Å². The predicted octanol–water partition coefficient (Wildman–Crippen LogP) is 5.38. The van der Waals surface area contributed by atoms with E-state index in [0.29, 0.717) is 10.0 Å². The predicted molar refractivity (Wildman–Crippen MR) is 89.1 cm³/mol. The largest absolute Gasteiger partial charge is 0.250 e. The van der Waals surface area contributed by atoms with Gasteiger partial charge in [-0.1, -0.05) is 47.5 Å². The van der Waals surface area contributed by atoms with Gasteiger partial charge in [-0.15, -0.1) is 0 Å². The van der Waals surface area contributed by atoms with E-state index in [9.17, 15) is 4.21 Å². The number of benzene rings is 2. The highest BCUT2D eigenvalue weighted by atomic mass is 35.5. The maximum absolute atomic E-state index is 11.8. The van der Waals surface area contributed by atoms with Crippen LogP contribution in [0, 0.1) is 0 Å². The minimum atomic E-state index is -1.18. The third kappa shape index (κ3) is 4.97. The molecule has 1 nitrogen and oxygen atoms in total. The molecule has 0 fully saturated rings. The Bertz CT molecular complexity index is 620. The monoisotopic (exact) mass is 322 g/mol. The molecule has 102 valence electrons. The quantitative estimate of drug-likeness (QED) is 0.738. The second-order valence-corrected chi connectivity index (χ2v) is 6.12. The average Bonchev–Trinajstić information content (AvgIpc) is 2.43. The van der Waals surface area contributed by atoms with E-state index in [4.69, 9.17) is 23.2 Å². The fraction of sp³-hybridized carbons (Fsp3) is 0. The molecule has 4 heteroatoms. The van der Waals surface area contributed by atoms with Crippen LogP contribution in [0.4, 0.5) is 0 Å². The number of hydrogen-bond acceptors (Lipinski definition) is 1. The van der Waals surface area contributed by atoms with Crippen LogP contribution in [0.1, 0.15) is 11.1 Å². The van der Waals surface area contributed by atoms with Gasteiger partial charge >= 0.3 is 0 Å². The SMILES string of the molecule is O=S(/C=C\c1cccc(Cl)c1)/C=C\c1cccc(Cl)c1. The molecule has 0 saturated carbocycles. The van der Waals surface area contributed by atoms with Crippen molar-refractivity contribution in [3.63, 3.8) is 0 Å². The van der Waals surface area contributed by atoms with E-state index in [-0.39, 0.29) is 0 Å². The van der Waals surface area contributed by atoms with Gasteiger partial charge in [-0.05, 0) is 47.5 Å². The third-order valence-electron chi connectivity index (χ3n) is 2.49. The van der Waals surface area contributed by atoms with Crippen molar-refractivity contribution in [1.82, 2.24) is 0 Å². The fourth-order valence-corrected chi connectivity index (χ4v) is 2.63. The van der Waals surface area contributed by atoms with Crippen LogP contribution in [-0.2, 0) is 10.8 Å². The lowest BCUT2D eigenvalue weighted by Crippen LogP contribution is -1.78. The molecule has 2 aromatic rings. The van der Waals surface area contributed by atoms with Crippen LogP contribution in [0.25, 0.3) is 12.2 Å². The van der Waals surface area contributed by atoms with Crippen LogP contribution in [0.3, 0.4) is 0 Å². The summed E-state index contributed by atoms with van der Waals surface area (Å²) in [5.74, 6) is 0. The van der Waals surface area contributed by atoms with E-state index < -0.39 is 10.8 Å². The van der Waals surface area contributed by atoms with Gasteiger partial charge in [0, 0.05) is 20.9 Å². The van der Waals surface area contributed by atoms with Crippen molar-refractivity contribution in [2.45, 2.75) is 0 Å². The summed E-state index contributed by atoms with van der Waals surface area (Å²) in [6.45, 7) is 0. The van der Waals surface area contributed by atoms with Gasteiger partial charge in [0.05, 0.1) is 10.8 Å². The van der Waals surface area contributed by atoms with Gasteiger partial charge in [0.25, 0.3) is 0 Å². The Morgan fingerprint density at radius 1 is 0.800 bits per heavy atom. The molecule has 0 aromatic heterocycles. The van der Waals surface area contributed by atoms with Gasteiger partial charge in [-0.25, -0.2) is 0 Å². The Morgan fingerprint density at radius 2 is 1.25 bits per heavy atom. The number of halogens is 2. The van der Waals surface area contributed by atoms with Gasteiger partial charge in [0.1, 0.15) is 0 Å². The van der Waals surface area contributed by atoms with Crippen LogP contribution in [-0.4, -0.2) is 4.21 Å². The first kappa shape index (κ1) is 15.0. The highest BCUT2D eigenvalue weighted by Crippen LogP contribution is 2.14. The molecular weight excluding hydrogens is 311 g/mol. The molecule has 0 N–H and O–H groups in total. The van der Waals surface area contributed by atoms with E-state index in [1.165, 1.54) is 0 Å². The Balaban J connectivity index is 2.02. The molecule has 0 radical (unpaired) electrons. The van der Waals surface area contributed by atoms with Crippen molar-refractivity contribution in [2.24, 2.45) is 0 Å². The molecular formula is C16H12Cl2OS. The van der Waals surface area contributed by atoms with Crippen molar-refractivity contribution >= 4 is 46.2 Å². The molecule has 0 saturated heterocycles. The summed E-state index contributed by atoms with van der Waals surface area (Å²) in [5, 5.41) is 4.55. The average molecular weight is 323 g/mol. The Morgan fingerprint density at radius 3 is 1.65 bits per heavy atom. The van der Waals surface area contributed by atoms with E-state index in [2.05, 4.69) is 0 Å². The molecule has 0 aliphatic rings. The van der Waals surface area contributed by atoms with Crippen LogP contribution in [0.5, 0.6) is 0 Å². The zero-order valence-electron chi connectivity index (χ0n) is 10.5. The summed E-state index contributed by atoms with van der Waals surface area (Å²) >= 11 is 11.8. The first-order valence-electron chi connectivity index (χ1n) is 5.90. The van der Waals surface area contributed by atoms with Crippen molar-refractivity contribution in [3.8, 4) is 0 Å². The number of rotatable bonds is 4. The lowest BCUT2D eigenvalue weighted by molar-refractivity contribution is 0.693. The first-order chi connectivity index (χ1) is 9.63. The molecule has 2 aromatic carbocycles. The smallest absolute Gasteiger partial charge is 0.0702 e. The maximum Gasteiger partial charge on any atom is 0.0702 e. The Hall–Kier alpha value is -1.35. The van der Waals surface area contributed by atoms with E-state index in [1.807, 2.05) is 36.4 Å². The lowest BCUT2D eigenvalue weighted by Gasteiger charge is -1.94. The lowest BCUT2D eigenvalue weighted by atomic mass is 10.2. The molecule has 0 aliphatic heterocycles. The van der Waals surface area contributed by atoms with Gasteiger partial charge in [-0.2, -0.15) is 0 Å². The third-order valence-corrected chi connectivity index (χ3v) is 3.77. The molecule has 2 rings (SSSR count). The van der Waals surface area contributed by atoms with E-state index in [1.54, 1.807) is 35.1 Å². The first-order valence-corrected chi connectivity index (χ1v) is 7.93. The van der Waals surface area contributed by atoms with Crippen LogP contribution < -0.4 is 0 Å². The second kappa shape index (κ2) is 7.44. The molecule has 0 spiro atoms.